The van der Waals surface area contributed by atoms with E-state index < -0.39 is 23.8 Å². The number of carbonyl (C=O) groups excluding carboxylic acids is 3. The summed E-state index contributed by atoms with van der Waals surface area (Å²) in [6.07, 6.45) is 4.70. The number of piperidine rings is 1. The minimum Gasteiger partial charge on any atom is -0.468 e. The summed E-state index contributed by atoms with van der Waals surface area (Å²) in [7, 11) is 2.61. The van der Waals surface area contributed by atoms with Gasteiger partial charge < -0.3 is 25.0 Å². The van der Waals surface area contributed by atoms with Crippen molar-refractivity contribution in [3.63, 3.8) is 0 Å². The number of likely N-dealkylation sites (tertiary alicyclic amines) is 1. The van der Waals surface area contributed by atoms with Crippen LogP contribution in [0.1, 0.15) is 51.0 Å². The Balaban J connectivity index is 1.72. The molecule has 0 saturated carbocycles. The van der Waals surface area contributed by atoms with Gasteiger partial charge in [-0.05, 0) is 70.4 Å². The third kappa shape index (κ3) is 6.69. The lowest BCUT2D eigenvalue weighted by molar-refractivity contribution is -0.143. The van der Waals surface area contributed by atoms with E-state index in [1.807, 2.05) is 6.07 Å². The molecule has 0 aromatic heterocycles. The minimum atomic E-state index is -0.781. The van der Waals surface area contributed by atoms with Crippen molar-refractivity contribution >= 4 is 29.4 Å². The first-order valence-electron chi connectivity index (χ1n) is 12.1. The highest BCUT2D eigenvalue weighted by atomic mass is 16.5. The maximum atomic E-state index is 12.7. The van der Waals surface area contributed by atoms with E-state index in [0.717, 1.165) is 26.1 Å². The van der Waals surface area contributed by atoms with Gasteiger partial charge in [0.2, 0.25) is 0 Å². The zero-order valence-corrected chi connectivity index (χ0v) is 21.1. The molecule has 3 rings (SSSR count). The van der Waals surface area contributed by atoms with Crippen LogP contribution in [0.2, 0.25) is 0 Å². The van der Waals surface area contributed by atoms with Gasteiger partial charge in [-0.3, -0.25) is 9.79 Å². The maximum absolute atomic E-state index is 12.7. The van der Waals surface area contributed by atoms with Crippen molar-refractivity contribution in [1.82, 2.24) is 10.2 Å². The van der Waals surface area contributed by atoms with E-state index in [0.29, 0.717) is 34.8 Å². The van der Waals surface area contributed by atoms with Gasteiger partial charge in [0.15, 0.2) is 0 Å². The molecule has 0 radical (unpaired) electrons. The van der Waals surface area contributed by atoms with Crippen LogP contribution in [0.25, 0.3) is 0 Å². The van der Waals surface area contributed by atoms with Crippen molar-refractivity contribution in [3.05, 3.63) is 41.1 Å². The number of methoxy groups -OCH3 is 2. The fourth-order valence-electron chi connectivity index (χ4n) is 4.88. The van der Waals surface area contributed by atoms with Crippen LogP contribution in [0, 0.1) is 5.92 Å². The number of ether oxygens (including phenoxy) is 2. The molecule has 1 aromatic carbocycles. The van der Waals surface area contributed by atoms with Crippen LogP contribution in [0.15, 0.2) is 40.5 Å². The molecule has 1 fully saturated rings. The van der Waals surface area contributed by atoms with Crippen molar-refractivity contribution < 1.29 is 23.9 Å². The van der Waals surface area contributed by atoms with Gasteiger partial charge in [-0.2, -0.15) is 0 Å². The number of esters is 2. The van der Waals surface area contributed by atoms with Crippen molar-refractivity contribution in [2.45, 2.75) is 45.4 Å². The normalized spacial score (nSPS) is 20.6. The Morgan fingerprint density at radius 1 is 1.09 bits per heavy atom. The molecule has 2 aliphatic rings. The summed E-state index contributed by atoms with van der Waals surface area (Å²) < 4.78 is 10.0. The van der Waals surface area contributed by atoms with E-state index in [-0.39, 0.29) is 6.03 Å². The first kappa shape index (κ1) is 26.4. The molecular weight excluding hydrogens is 448 g/mol. The Bertz CT molecular complexity index is 997. The van der Waals surface area contributed by atoms with Crippen LogP contribution >= 0.6 is 0 Å². The largest absolute Gasteiger partial charge is 0.468 e. The lowest BCUT2D eigenvalue weighted by Crippen LogP contribution is -2.36. The molecule has 9 nitrogen and oxygen atoms in total. The Kier molecular flexibility index (Phi) is 9.42. The zero-order chi connectivity index (χ0) is 25.4. The molecule has 2 amide bonds. The van der Waals surface area contributed by atoms with E-state index in [2.05, 4.69) is 20.5 Å². The van der Waals surface area contributed by atoms with E-state index >= 15 is 0 Å². The number of rotatable bonds is 8. The van der Waals surface area contributed by atoms with E-state index in [1.165, 1.54) is 33.5 Å². The summed E-state index contributed by atoms with van der Waals surface area (Å²) in [5, 5.41) is 5.76. The van der Waals surface area contributed by atoms with Gasteiger partial charge in [-0.15, -0.1) is 0 Å². The smallest absolute Gasteiger partial charge is 0.336 e. The number of amides is 2. The van der Waals surface area contributed by atoms with Crippen molar-refractivity contribution in [1.29, 1.82) is 0 Å². The first-order chi connectivity index (χ1) is 16.8. The number of hydrogen-bond donors (Lipinski definition) is 2. The number of allylic oxidation sites excluding steroid dienone is 1. The van der Waals surface area contributed by atoms with Crippen molar-refractivity contribution in [2.75, 3.05) is 45.7 Å². The maximum Gasteiger partial charge on any atom is 0.336 e. The number of nitrogens with zero attached hydrogens (tertiary/aromatic N) is 2. The summed E-state index contributed by atoms with van der Waals surface area (Å²) in [6, 6.07) is 6.83. The lowest BCUT2D eigenvalue weighted by atomic mass is 9.75. The molecule has 0 spiro atoms. The van der Waals surface area contributed by atoms with Crippen LogP contribution in [0.4, 0.5) is 10.5 Å². The van der Waals surface area contributed by atoms with E-state index in [9.17, 15) is 14.4 Å². The van der Waals surface area contributed by atoms with Crippen molar-refractivity contribution in [2.24, 2.45) is 10.9 Å². The molecule has 0 aliphatic carbocycles. The topological polar surface area (TPSA) is 109 Å². The molecule has 2 unspecified atom stereocenters. The molecule has 2 N–H and O–H groups in total. The predicted molar refractivity (Wildman–Crippen MR) is 134 cm³/mol. The van der Waals surface area contributed by atoms with E-state index in [1.54, 1.807) is 32.0 Å². The average Bonchev–Trinajstić information content (AvgIpc) is 2.86. The number of nitrogens with one attached hydrogen (secondary N) is 2. The predicted octanol–water partition coefficient (Wildman–Crippen LogP) is 3.48. The second kappa shape index (κ2) is 12.5. The second-order valence-electron chi connectivity index (χ2n) is 8.98. The fraction of sp³-hybridized carbons (Fsp3) is 0.538. The van der Waals surface area contributed by atoms with Crippen LogP contribution in [-0.2, 0) is 19.1 Å². The van der Waals surface area contributed by atoms with Gasteiger partial charge >= 0.3 is 18.0 Å². The number of aliphatic imine (C=N–C) groups is 1. The first-order valence-corrected chi connectivity index (χ1v) is 12.1. The quantitative estimate of drug-likeness (QED) is 0.432. The number of hydrogen-bond acceptors (Lipinski definition) is 7. The highest BCUT2D eigenvalue weighted by Crippen LogP contribution is 2.40. The number of benzene rings is 1. The van der Waals surface area contributed by atoms with Gasteiger partial charge in [0.25, 0.3) is 0 Å². The Morgan fingerprint density at radius 3 is 2.51 bits per heavy atom. The van der Waals surface area contributed by atoms with Crippen LogP contribution in [0.3, 0.4) is 0 Å². The summed E-state index contributed by atoms with van der Waals surface area (Å²) in [6.45, 7) is 7.30. The third-order valence-electron chi connectivity index (χ3n) is 6.58. The molecule has 2 aliphatic heterocycles. The third-order valence-corrected chi connectivity index (χ3v) is 6.58. The molecular formula is C26H36N4O5. The lowest BCUT2D eigenvalue weighted by Gasteiger charge is -2.31. The Labute approximate surface area is 206 Å². The molecule has 35 heavy (non-hydrogen) atoms. The number of carbonyl (C=O) groups is 3. The number of urea groups is 1. The molecule has 1 saturated heterocycles. The van der Waals surface area contributed by atoms with Gasteiger partial charge in [0.1, 0.15) is 5.92 Å². The molecule has 0 bridgehead atoms. The highest BCUT2D eigenvalue weighted by Gasteiger charge is 2.42. The molecule has 1 aromatic rings. The van der Waals surface area contributed by atoms with Crippen LogP contribution in [-0.4, -0.2) is 69.0 Å². The average molecular weight is 485 g/mol. The van der Waals surface area contributed by atoms with Gasteiger partial charge in [0.05, 0.1) is 19.8 Å². The van der Waals surface area contributed by atoms with Gasteiger partial charge in [-0.25, -0.2) is 9.59 Å². The minimum absolute atomic E-state index is 0.299. The molecule has 2 heterocycles. The second-order valence-corrected chi connectivity index (χ2v) is 8.98. The molecule has 2 atom stereocenters. The summed E-state index contributed by atoms with van der Waals surface area (Å²) >= 11 is 0. The molecule has 190 valence electrons. The highest BCUT2D eigenvalue weighted by molar-refractivity contribution is 6.07. The van der Waals surface area contributed by atoms with Gasteiger partial charge in [-0.1, -0.05) is 18.6 Å². The zero-order valence-electron chi connectivity index (χ0n) is 21.1. The number of anilines is 1. The summed E-state index contributed by atoms with van der Waals surface area (Å²) in [4.78, 5) is 44.7. The summed E-state index contributed by atoms with van der Waals surface area (Å²) in [5.74, 6) is -2.48. The van der Waals surface area contributed by atoms with E-state index in [4.69, 9.17) is 9.47 Å². The molecule has 9 heteroatoms. The van der Waals surface area contributed by atoms with Gasteiger partial charge in [0, 0.05) is 29.6 Å². The van der Waals surface area contributed by atoms with Crippen molar-refractivity contribution in [3.8, 4) is 0 Å². The van der Waals surface area contributed by atoms with Crippen LogP contribution < -0.4 is 10.6 Å². The SMILES string of the molecule is COC(=O)C1=C(C)N=C(C)C(C(=O)OC)C1c1cccc(NC(=O)NCCCN2CCCCC2)c1. The fourth-order valence-corrected chi connectivity index (χ4v) is 4.88. The summed E-state index contributed by atoms with van der Waals surface area (Å²) in [5.41, 5.74) is 2.58. The monoisotopic (exact) mass is 484 g/mol. The van der Waals surface area contributed by atoms with Crippen LogP contribution in [0.5, 0.6) is 0 Å². The Hall–Kier alpha value is -3.20. The Morgan fingerprint density at radius 2 is 1.83 bits per heavy atom. The standard InChI is InChI=1S/C26H36N4O5/c1-17-21(24(31)34-3)23(22(18(2)28-17)25(32)35-4)19-10-8-11-20(16-19)29-26(33)27-12-9-15-30-13-6-5-7-14-30/h8,10-11,16,21,23H,5-7,9,12-15H2,1-4H3,(H2,27,29,33).